The van der Waals surface area contributed by atoms with Crippen molar-refractivity contribution >= 4 is 22.8 Å². The molecule has 0 saturated heterocycles. The number of pyridine rings is 1. The van der Waals surface area contributed by atoms with Crippen molar-refractivity contribution in [2.24, 2.45) is 5.41 Å². The number of alkyl halides is 1. The van der Waals surface area contributed by atoms with Crippen LogP contribution >= 0.6 is 11.6 Å². The first-order valence-corrected chi connectivity index (χ1v) is 7.33. The lowest BCUT2D eigenvalue weighted by Crippen LogP contribution is -2.13. The molecule has 4 heteroatoms. The fourth-order valence-electron chi connectivity index (χ4n) is 2.10. The van der Waals surface area contributed by atoms with Gasteiger partial charge in [-0.05, 0) is 30.9 Å². The van der Waals surface area contributed by atoms with Gasteiger partial charge in [0.1, 0.15) is 11.3 Å². The molecule has 3 nitrogen and oxygen atoms in total. The molecule has 0 aliphatic heterocycles. The lowest BCUT2D eigenvalue weighted by Gasteiger charge is -2.19. The zero-order valence-corrected chi connectivity index (χ0v) is 13.0. The van der Waals surface area contributed by atoms with Gasteiger partial charge in [0.25, 0.3) is 0 Å². The molecule has 0 spiro atoms. The van der Waals surface area contributed by atoms with Crippen LogP contribution in [-0.2, 0) is 13.0 Å². The predicted molar refractivity (Wildman–Crippen MR) is 80.8 cm³/mol. The predicted octanol–water partition coefficient (Wildman–Crippen LogP) is 3.96. The third-order valence-electron chi connectivity index (χ3n) is 3.21. The largest absolute Gasteiger partial charge is 0.313 e. The molecule has 0 fully saturated rings. The molecular formula is C15H22ClN3. The second kappa shape index (κ2) is 5.49. The van der Waals surface area contributed by atoms with Crippen LogP contribution in [0.2, 0.25) is 0 Å². The second-order valence-corrected chi connectivity index (χ2v) is 6.60. The highest BCUT2D eigenvalue weighted by Gasteiger charge is 2.15. The molecule has 0 saturated carbocycles. The first kappa shape index (κ1) is 14.3. The summed E-state index contributed by atoms with van der Waals surface area (Å²) in [4.78, 5) is 9.30. The van der Waals surface area contributed by atoms with Gasteiger partial charge in [0.15, 0.2) is 5.65 Å². The van der Waals surface area contributed by atoms with Crippen LogP contribution in [0.4, 0.5) is 0 Å². The van der Waals surface area contributed by atoms with E-state index in [4.69, 9.17) is 11.6 Å². The number of hydrogen-bond donors (Lipinski definition) is 0. The summed E-state index contributed by atoms with van der Waals surface area (Å²) in [5.74, 6) is 1.64. The number of aryl methyl sites for hydroxylation is 3. The molecule has 0 aliphatic carbocycles. The summed E-state index contributed by atoms with van der Waals surface area (Å²) in [7, 11) is 0. The van der Waals surface area contributed by atoms with E-state index < -0.39 is 0 Å². The maximum absolute atomic E-state index is 5.88. The molecule has 0 unspecified atom stereocenters. The summed E-state index contributed by atoms with van der Waals surface area (Å²) in [6.45, 7) is 9.73. The van der Waals surface area contributed by atoms with Crippen LogP contribution in [0.25, 0.3) is 11.2 Å². The van der Waals surface area contributed by atoms with Gasteiger partial charge in [-0.1, -0.05) is 20.8 Å². The van der Waals surface area contributed by atoms with Crippen molar-refractivity contribution in [2.45, 2.75) is 47.1 Å². The zero-order valence-electron chi connectivity index (χ0n) is 12.2. The van der Waals surface area contributed by atoms with E-state index in [1.807, 2.05) is 19.1 Å². The number of hydrogen-bond acceptors (Lipinski definition) is 2. The average Bonchev–Trinajstić information content (AvgIpc) is 2.63. The normalized spacial score (nSPS) is 12.3. The smallest absolute Gasteiger partial charge is 0.160 e. The lowest BCUT2D eigenvalue weighted by molar-refractivity contribution is 0.350. The van der Waals surface area contributed by atoms with Crippen molar-refractivity contribution in [2.75, 3.05) is 5.88 Å². The van der Waals surface area contributed by atoms with E-state index in [-0.39, 0.29) is 0 Å². The molecule has 0 radical (unpaired) electrons. The fraction of sp³-hybridized carbons (Fsp3) is 0.600. The Morgan fingerprint density at radius 1 is 1.21 bits per heavy atom. The molecule has 2 aromatic heterocycles. The Bertz CT molecular complexity index is 567. The summed E-state index contributed by atoms with van der Waals surface area (Å²) in [5, 5.41) is 0. The molecular weight excluding hydrogens is 258 g/mol. The van der Waals surface area contributed by atoms with Crippen LogP contribution in [0.5, 0.6) is 0 Å². The van der Waals surface area contributed by atoms with E-state index >= 15 is 0 Å². The Balaban J connectivity index is 2.41. The molecule has 19 heavy (non-hydrogen) atoms. The molecule has 2 heterocycles. The van der Waals surface area contributed by atoms with E-state index in [0.29, 0.717) is 11.3 Å². The Hall–Kier alpha value is -1.09. The summed E-state index contributed by atoms with van der Waals surface area (Å²) in [6, 6.07) is 4.05. The van der Waals surface area contributed by atoms with Crippen LogP contribution in [0.15, 0.2) is 12.1 Å². The third kappa shape index (κ3) is 3.47. The molecule has 2 aromatic rings. The monoisotopic (exact) mass is 279 g/mol. The minimum Gasteiger partial charge on any atom is -0.313 e. The van der Waals surface area contributed by atoms with Crippen LogP contribution in [-0.4, -0.2) is 20.4 Å². The van der Waals surface area contributed by atoms with E-state index in [1.165, 1.54) is 0 Å². The molecule has 2 rings (SSSR count). The maximum Gasteiger partial charge on any atom is 0.160 e. The summed E-state index contributed by atoms with van der Waals surface area (Å²) in [6.07, 6.45) is 1.89. The highest BCUT2D eigenvalue weighted by molar-refractivity contribution is 6.17. The molecule has 0 N–H and O–H groups in total. The Kier molecular flexibility index (Phi) is 4.14. The van der Waals surface area contributed by atoms with Crippen molar-refractivity contribution in [1.29, 1.82) is 0 Å². The maximum atomic E-state index is 5.88. The number of halogens is 1. The number of fused-ring (bicyclic) bond motifs is 1. The van der Waals surface area contributed by atoms with Crippen LogP contribution in [0, 0.1) is 12.3 Å². The van der Waals surface area contributed by atoms with Gasteiger partial charge in [0, 0.05) is 24.5 Å². The minimum atomic E-state index is 0.304. The van der Waals surface area contributed by atoms with E-state index in [1.54, 1.807) is 0 Å². The first-order valence-electron chi connectivity index (χ1n) is 6.79. The van der Waals surface area contributed by atoms with Gasteiger partial charge in [0.2, 0.25) is 0 Å². The second-order valence-electron chi connectivity index (χ2n) is 6.22. The Morgan fingerprint density at radius 3 is 2.58 bits per heavy atom. The zero-order chi connectivity index (χ0) is 14.0. The van der Waals surface area contributed by atoms with Crippen molar-refractivity contribution in [3.05, 3.63) is 23.7 Å². The van der Waals surface area contributed by atoms with Crippen molar-refractivity contribution < 1.29 is 0 Å². The Morgan fingerprint density at radius 2 is 1.95 bits per heavy atom. The van der Waals surface area contributed by atoms with Gasteiger partial charge >= 0.3 is 0 Å². The Labute approximate surface area is 120 Å². The van der Waals surface area contributed by atoms with Gasteiger partial charge in [0.05, 0.1) is 0 Å². The van der Waals surface area contributed by atoms with Crippen LogP contribution < -0.4 is 0 Å². The van der Waals surface area contributed by atoms with E-state index in [2.05, 4.69) is 35.3 Å². The minimum absolute atomic E-state index is 0.304. The number of aromatic nitrogens is 3. The van der Waals surface area contributed by atoms with E-state index in [9.17, 15) is 0 Å². The van der Waals surface area contributed by atoms with Crippen molar-refractivity contribution in [1.82, 2.24) is 14.5 Å². The van der Waals surface area contributed by atoms with Crippen molar-refractivity contribution in [3.8, 4) is 0 Å². The van der Waals surface area contributed by atoms with Gasteiger partial charge < -0.3 is 4.57 Å². The third-order valence-corrected chi connectivity index (χ3v) is 3.40. The van der Waals surface area contributed by atoms with Gasteiger partial charge in [-0.25, -0.2) is 9.97 Å². The summed E-state index contributed by atoms with van der Waals surface area (Å²) >= 11 is 5.88. The summed E-state index contributed by atoms with van der Waals surface area (Å²) < 4.78 is 2.23. The number of imidazole rings is 1. The highest BCUT2D eigenvalue weighted by Crippen LogP contribution is 2.23. The molecule has 0 atom stereocenters. The number of rotatable bonds is 4. The quantitative estimate of drug-likeness (QED) is 0.793. The van der Waals surface area contributed by atoms with Crippen LogP contribution in [0.1, 0.15) is 38.7 Å². The van der Waals surface area contributed by atoms with E-state index in [0.717, 1.165) is 42.1 Å². The number of nitrogens with zero attached hydrogens (tertiary/aromatic N) is 3. The fourth-order valence-corrected chi connectivity index (χ4v) is 2.27. The highest BCUT2D eigenvalue weighted by atomic mass is 35.5. The average molecular weight is 280 g/mol. The van der Waals surface area contributed by atoms with Gasteiger partial charge in [-0.3, -0.25) is 0 Å². The lowest BCUT2D eigenvalue weighted by atomic mass is 9.92. The van der Waals surface area contributed by atoms with Crippen molar-refractivity contribution in [3.63, 3.8) is 0 Å². The van der Waals surface area contributed by atoms with Gasteiger partial charge in [-0.15, -0.1) is 11.6 Å². The summed E-state index contributed by atoms with van der Waals surface area (Å²) in [5.41, 5.74) is 3.30. The topological polar surface area (TPSA) is 30.7 Å². The SMILES string of the molecule is Cc1ccc2nc(CCCl)n(CCC(C)(C)C)c2n1. The molecule has 0 bridgehead atoms. The standard InChI is InChI=1S/C15H22ClN3/c1-11-5-6-12-14(17-11)19(10-8-15(2,3)4)13(18-12)7-9-16/h5-6H,7-10H2,1-4H3. The molecule has 0 aromatic carbocycles. The molecule has 104 valence electrons. The molecule has 0 aliphatic rings. The molecule has 0 amide bonds. The first-order chi connectivity index (χ1) is 8.90. The van der Waals surface area contributed by atoms with Crippen LogP contribution in [0.3, 0.4) is 0 Å². The van der Waals surface area contributed by atoms with Gasteiger partial charge in [-0.2, -0.15) is 0 Å².